The maximum absolute atomic E-state index is 14.1. The van der Waals surface area contributed by atoms with Crippen LogP contribution in [0.5, 0.6) is 5.75 Å². The number of amides is 2. The molecule has 0 aromatic heterocycles. The molecule has 0 bridgehead atoms. The SMILES string of the molecule is CCCCNC(=O)[C@H](CC)N(Cc1ccc(C)cc1)C(=O)CN(c1ccc(OCC)cc1)S(=O)(=O)c1ccc(Cl)cc1. The summed E-state index contributed by atoms with van der Waals surface area (Å²) in [6, 6.07) is 19.2. The number of hydrogen-bond donors (Lipinski definition) is 1. The van der Waals surface area contributed by atoms with Gasteiger partial charge in [-0.3, -0.25) is 13.9 Å². The molecule has 0 unspecified atom stereocenters. The lowest BCUT2D eigenvalue weighted by atomic mass is 10.1. The Hall–Kier alpha value is -3.56. The Balaban J connectivity index is 2.03. The van der Waals surface area contributed by atoms with Crippen molar-refractivity contribution >= 4 is 39.1 Å². The number of rotatable bonds is 15. The standard InChI is InChI=1S/C32H40ClN3O5S/c1-5-8-21-34-32(38)30(6-2)35(22-25-11-9-24(4)10-12-25)31(37)23-36(27-15-17-28(18-16-27)41-7-3)42(39,40)29-19-13-26(33)14-20-29/h9-20,30H,5-8,21-23H2,1-4H3,(H,34,38)/t30-/m0/s1. The smallest absolute Gasteiger partial charge is 0.264 e. The number of anilines is 1. The third-order valence-corrected chi connectivity index (χ3v) is 8.85. The van der Waals surface area contributed by atoms with Gasteiger partial charge in [0.1, 0.15) is 18.3 Å². The Kier molecular flexibility index (Phi) is 12.2. The number of halogens is 1. The normalized spacial score (nSPS) is 11.9. The van der Waals surface area contributed by atoms with Crippen LogP contribution in [-0.2, 0) is 26.2 Å². The van der Waals surface area contributed by atoms with Crippen LogP contribution in [0, 0.1) is 6.92 Å². The van der Waals surface area contributed by atoms with Gasteiger partial charge in [-0.1, -0.05) is 61.7 Å². The highest BCUT2D eigenvalue weighted by Crippen LogP contribution is 2.27. The van der Waals surface area contributed by atoms with Gasteiger partial charge in [-0.15, -0.1) is 0 Å². The topological polar surface area (TPSA) is 96.0 Å². The van der Waals surface area contributed by atoms with Crippen LogP contribution in [0.4, 0.5) is 5.69 Å². The van der Waals surface area contributed by atoms with Gasteiger partial charge in [-0.2, -0.15) is 0 Å². The summed E-state index contributed by atoms with van der Waals surface area (Å²) in [4.78, 5) is 28.9. The zero-order valence-corrected chi connectivity index (χ0v) is 26.2. The number of carbonyl (C=O) groups is 2. The Bertz CT molecular complexity index is 1410. The Morgan fingerprint density at radius 2 is 1.57 bits per heavy atom. The number of nitrogens with one attached hydrogen (secondary N) is 1. The monoisotopic (exact) mass is 613 g/mol. The number of unbranched alkanes of at least 4 members (excludes halogenated alkanes) is 1. The molecule has 42 heavy (non-hydrogen) atoms. The summed E-state index contributed by atoms with van der Waals surface area (Å²) in [6.07, 6.45) is 2.10. The second-order valence-corrected chi connectivity index (χ2v) is 12.3. The molecule has 226 valence electrons. The van der Waals surface area contributed by atoms with Crippen LogP contribution in [0.25, 0.3) is 0 Å². The minimum atomic E-state index is -4.19. The van der Waals surface area contributed by atoms with Gasteiger partial charge in [-0.25, -0.2) is 8.42 Å². The summed E-state index contributed by atoms with van der Waals surface area (Å²) >= 11 is 6.02. The van der Waals surface area contributed by atoms with Gasteiger partial charge in [-0.05, 0) is 80.8 Å². The number of hydrogen-bond acceptors (Lipinski definition) is 5. The lowest BCUT2D eigenvalue weighted by Gasteiger charge is -2.33. The average molecular weight is 614 g/mol. The number of sulfonamides is 1. The highest BCUT2D eigenvalue weighted by atomic mass is 35.5. The Morgan fingerprint density at radius 3 is 2.14 bits per heavy atom. The van der Waals surface area contributed by atoms with Crippen LogP contribution in [0.15, 0.2) is 77.7 Å². The van der Waals surface area contributed by atoms with E-state index in [1.165, 1.54) is 29.2 Å². The summed E-state index contributed by atoms with van der Waals surface area (Å²) in [7, 11) is -4.19. The largest absolute Gasteiger partial charge is 0.494 e. The second-order valence-electron chi connectivity index (χ2n) is 9.97. The first-order valence-electron chi connectivity index (χ1n) is 14.2. The average Bonchev–Trinajstić information content (AvgIpc) is 2.97. The molecular weight excluding hydrogens is 574 g/mol. The van der Waals surface area contributed by atoms with E-state index in [4.69, 9.17) is 16.3 Å². The van der Waals surface area contributed by atoms with E-state index < -0.39 is 28.5 Å². The molecule has 0 spiro atoms. The van der Waals surface area contributed by atoms with Crippen LogP contribution in [0.3, 0.4) is 0 Å². The summed E-state index contributed by atoms with van der Waals surface area (Å²) < 4.78 is 34.5. The lowest BCUT2D eigenvalue weighted by molar-refractivity contribution is -0.140. The minimum absolute atomic E-state index is 0.0111. The van der Waals surface area contributed by atoms with E-state index in [9.17, 15) is 18.0 Å². The molecule has 0 saturated heterocycles. The van der Waals surface area contributed by atoms with E-state index in [0.29, 0.717) is 30.3 Å². The van der Waals surface area contributed by atoms with Crippen LogP contribution in [0.1, 0.15) is 51.2 Å². The molecule has 0 fully saturated rings. The number of carbonyl (C=O) groups excluding carboxylic acids is 2. The van der Waals surface area contributed by atoms with Gasteiger partial charge in [0.05, 0.1) is 17.2 Å². The summed E-state index contributed by atoms with van der Waals surface area (Å²) in [5, 5.41) is 3.33. The van der Waals surface area contributed by atoms with Gasteiger partial charge >= 0.3 is 0 Å². The molecule has 3 aromatic rings. The van der Waals surface area contributed by atoms with Gasteiger partial charge < -0.3 is 15.0 Å². The first-order chi connectivity index (χ1) is 20.1. The van der Waals surface area contributed by atoms with Crippen LogP contribution >= 0.6 is 11.6 Å². The fourth-order valence-corrected chi connectivity index (χ4v) is 5.99. The van der Waals surface area contributed by atoms with E-state index in [1.807, 2.05) is 52.0 Å². The van der Waals surface area contributed by atoms with Crippen molar-refractivity contribution in [2.75, 3.05) is 24.0 Å². The van der Waals surface area contributed by atoms with Crippen molar-refractivity contribution in [3.05, 3.63) is 88.9 Å². The Morgan fingerprint density at radius 1 is 0.929 bits per heavy atom. The van der Waals surface area contributed by atoms with Crippen molar-refractivity contribution in [3.8, 4) is 5.75 Å². The van der Waals surface area contributed by atoms with E-state index in [-0.39, 0.29) is 23.0 Å². The molecule has 2 amide bonds. The first-order valence-corrected chi connectivity index (χ1v) is 16.1. The van der Waals surface area contributed by atoms with E-state index >= 15 is 0 Å². The van der Waals surface area contributed by atoms with Gasteiger partial charge in [0.2, 0.25) is 11.8 Å². The Labute approximate surface area is 254 Å². The van der Waals surface area contributed by atoms with Crippen LogP contribution < -0.4 is 14.4 Å². The quantitative estimate of drug-likeness (QED) is 0.213. The first kappa shape index (κ1) is 32.9. The van der Waals surface area contributed by atoms with Crippen molar-refractivity contribution in [1.29, 1.82) is 0 Å². The summed E-state index contributed by atoms with van der Waals surface area (Å²) in [5.41, 5.74) is 2.19. The van der Waals surface area contributed by atoms with Crippen molar-refractivity contribution < 1.29 is 22.7 Å². The lowest BCUT2D eigenvalue weighted by Crippen LogP contribution is -2.52. The molecule has 0 saturated carbocycles. The fraction of sp³-hybridized carbons (Fsp3) is 0.375. The van der Waals surface area contributed by atoms with Gasteiger partial charge in [0, 0.05) is 18.1 Å². The molecule has 0 aliphatic rings. The maximum Gasteiger partial charge on any atom is 0.264 e. The van der Waals surface area contributed by atoms with Crippen molar-refractivity contribution in [2.24, 2.45) is 0 Å². The predicted molar refractivity (Wildman–Crippen MR) is 167 cm³/mol. The number of benzene rings is 3. The van der Waals surface area contributed by atoms with Gasteiger partial charge in [0.15, 0.2) is 0 Å². The molecule has 3 aromatic carbocycles. The van der Waals surface area contributed by atoms with E-state index in [2.05, 4.69) is 5.32 Å². The van der Waals surface area contributed by atoms with Crippen LogP contribution in [-0.4, -0.2) is 50.9 Å². The minimum Gasteiger partial charge on any atom is -0.494 e. The van der Waals surface area contributed by atoms with E-state index in [1.54, 1.807) is 24.3 Å². The second kappa shape index (κ2) is 15.6. The maximum atomic E-state index is 14.1. The van der Waals surface area contributed by atoms with Gasteiger partial charge in [0.25, 0.3) is 10.0 Å². The van der Waals surface area contributed by atoms with Crippen molar-refractivity contribution in [3.63, 3.8) is 0 Å². The molecule has 0 heterocycles. The predicted octanol–water partition coefficient (Wildman–Crippen LogP) is 5.97. The third kappa shape index (κ3) is 8.72. The van der Waals surface area contributed by atoms with Crippen LogP contribution in [0.2, 0.25) is 5.02 Å². The molecule has 10 heteroatoms. The third-order valence-electron chi connectivity index (χ3n) is 6.81. The molecule has 1 atom stereocenters. The highest BCUT2D eigenvalue weighted by Gasteiger charge is 2.33. The molecule has 3 rings (SSSR count). The highest BCUT2D eigenvalue weighted by molar-refractivity contribution is 7.92. The molecule has 0 aliphatic carbocycles. The number of nitrogens with zero attached hydrogens (tertiary/aromatic N) is 2. The number of ether oxygens (including phenoxy) is 1. The summed E-state index contributed by atoms with van der Waals surface area (Å²) in [5.74, 6) is -0.189. The fourth-order valence-electron chi connectivity index (χ4n) is 4.45. The van der Waals surface area contributed by atoms with Crippen molar-refractivity contribution in [1.82, 2.24) is 10.2 Å². The van der Waals surface area contributed by atoms with E-state index in [0.717, 1.165) is 28.3 Å². The molecule has 8 nitrogen and oxygen atoms in total. The molecule has 0 aliphatic heterocycles. The van der Waals surface area contributed by atoms with Crippen molar-refractivity contribution in [2.45, 2.75) is 64.4 Å². The summed E-state index contributed by atoms with van der Waals surface area (Å²) in [6.45, 7) is 8.30. The molecular formula is C32H40ClN3O5S. The molecule has 0 radical (unpaired) electrons. The zero-order chi connectivity index (χ0) is 30.7. The molecule has 1 N–H and O–H groups in total. The number of aryl methyl sites for hydroxylation is 1. The zero-order valence-electron chi connectivity index (χ0n) is 24.7.